The van der Waals surface area contributed by atoms with Gasteiger partial charge in [-0.15, -0.1) is 0 Å². The average Bonchev–Trinajstić information content (AvgIpc) is 2.64. The summed E-state index contributed by atoms with van der Waals surface area (Å²) in [6.07, 6.45) is 0. The Morgan fingerprint density at radius 3 is 2.08 bits per heavy atom. The maximum absolute atomic E-state index is 13.2. The van der Waals surface area contributed by atoms with Crippen molar-refractivity contribution in [2.45, 2.75) is 5.92 Å². The molecule has 0 saturated carbocycles. The van der Waals surface area contributed by atoms with Gasteiger partial charge in [0.2, 0.25) is 0 Å². The molecule has 0 saturated heterocycles. The van der Waals surface area contributed by atoms with Gasteiger partial charge in [0.25, 0.3) is 0 Å². The van der Waals surface area contributed by atoms with Gasteiger partial charge < -0.3 is 4.74 Å². The van der Waals surface area contributed by atoms with E-state index in [2.05, 4.69) is 22.6 Å². The molecule has 0 N–H and O–H groups in total. The Kier molecular flexibility index (Phi) is 5.30. The Bertz CT molecular complexity index is 829. The van der Waals surface area contributed by atoms with Gasteiger partial charge in [-0.25, -0.2) is 0 Å². The topological polar surface area (TPSA) is 26.3 Å². The molecule has 120 valence electrons. The van der Waals surface area contributed by atoms with Crippen molar-refractivity contribution < 1.29 is 9.53 Å². The molecule has 0 amide bonds. The number of halogens is 1. The second kappa shape index (κ2) is 7.62. The quantitative estimate of drug-likeness (QED) is 0.407. The predicted octanol–water partition coefficient (Wildman–Crippen LogP) is 5.31. The average molecular weight is 428 g/mol. The molecule has 3 aromatic carbocycles. The molecule has 0 aliphatic carbocycles. The smallest absolute Gasteiger partial charge is 0.174 e. The molecule has 0 radical (unpaired) electrons. The number of hydrogen-bond acceptors (Lipinski definition) is 2. The summed E-state index contributed by atoms with van der Waals surface area (Å²) in [5.41, 5.74) is 2.68. The van der Waals surface area contributed by atoms with E-state index in [9.17, 15) is 4.79 Å². The zero-order chi connectivity index (χ0) is 16.9. The molecule has 0 spiro atoms. The molecule has 0 heterocycles. The largest absolute Gasteiger partial charge is 0.496 e. The summed E-state index contributed by atoms with van der Waals surface area (Å²) < 4.78 is 6.33. The lowest BCUT2D eigenvalue weighted by molar-refractivity contribution is 0.0974. The van der Waals surface area contributed by atoms with Crippen LogP contribution in [0.3, 0.4) is 0 Å². The van der Waals surface area contributed by atoms with Crippen LogP contribution in [0.2, 0.25) is 0 Å². The Morgan fingerprint density at radius 1 is 0.875 bits per heavy atom. The van der Waals surface area contributed by atoms with Crippen molar-refractivity contribution in [2.24, 2.45) is 0 Å². The highest BCUT2D eigenvalue weighted by Gasteiger charge is 2.24. The predicted molar refractivity (Wildman–Crippen MR) is 105 cm³/mol. The van der Waals surface area contributed by atoms with Crippen molar-refractivity contribution in [3.05, 3.63) is 99.1 Å². The Morgan fingerprint density at radius 2 is 1.50 bits per heavy atom. The highest BCUT2D eigenvalue weighted by Crippen LogP contribution is 2.32. The van der Waals surface area contributed by atoms with E-state index in [0.29, 0.717) is 0 Å². The van der Waals surface area contributed by atoms with E-state index in [1.807, 2.05) is 78.9 Å². The summed E-state index contributed by atoms with van der Waals surface area (Å²) in [7, 11) is 1.65. The SMILES string of the molecule is COc1ccc(C(C(=O)c2ccccc2)c2ccccc2)cc1I. The summed E-state index contributed by atoms with van der Waals surface area (Å²) in [5, 5.41) is 0. The summed E-state index contributed by atoms with van der Waals surface area (Å²) >= 11 is 2.24. The third-order valence-corrected chi connectivity index (χ3v) is 4.81. The molecule has 1 unspecified atom stereocenters. The van der Waals surface area contributed by atoms with Crippen LogP contribution in [0.5, 0.6) is 5.75 Å². The third-order valence-electron chi connectivity index (χ3n) is 3.96. The van der Waals surface area contributed by atoms with E-state index in [4.69, 9.17) is 4.74 Å². The monoisotopic (exact) mass is 428 g/mol. The highest BCUT2D eigenvalue weighted by atomic mass is 127. The molecule has 3 aromatic rings. The van der Waals surface area contributed by atoms with E-state index < -0.39 is 0 Å². The zero-order valence-corrected chi connectivity index (χ0v) is 15.4. The Labute approximate surface area is 155 Å². The van der Waals surface area contributed by atoms with Crippen molar-refractivity contribution >= 4 is 28.4 Å². The third kappa shape index (κ3) is 3.51. The number of ether oxygens (including phenoxy) is 1. The second-order valence-corrected chi connectivity index (χ2v) is 6.63. The van der Waals surface area contributed by atoms with Gasteiger partial charge in [0.15, 0.2) is 5.78 Å². The number of hydrogen-bond donors (Lipinski definition) is 0. The van der Waals surface area contributed by atoms with E-state index in [-0.39, 0.29) is 11.7 Å². The second-order valence-electron chi connectivity index (χ2n) is 5.47. The van der Waals surface area contributed by atoms with Gasteiger partial charge in [0.05, 0.1) is 16.6 Å². The molecule has 1 atom stereocenters. The van der Waals surface area contributed by atoms with Crippen molar-refractivity contribution in [3.63, 3.8) is 0 Å². The van der Waals surface area contributed by atoms with E-state index in [0.717, 1.165) is 26.0 Å². The minimum absolute atomic E-state index is 0.0998. The van der Waals surface area contributed by atoms with Crippen molar-refractivity contribution in [3.8, 4) is 5.75 Å². The number of rotatable bonds is 5. The number of carbonyl (C=O) groups excluding carboxylic acids is 1. The normalized spacial score (nSPS) is 11.8. The number of Topliss-reactive ketones (excluding diaryl/α,β-unsaturated/α-hetero) is 1. The molecule has 3 rings (SSSR count). The lowest BCUT2D eigenvalue weighted by atomic mass is 9.85. The van der Waals surface area contributed by atoms with E-state index >= 15 is 0 Å². The van der Waals surface area contributed by atoms with Crippen LogP contribution in [0.4, 0.5) is 0 Å². The summed E-state index contributed by atoms with van der Waals surface area (Å²) in [4.78, 5) is 13.2. The minimum atomic E-state index is -0.326. The van der Waals surface area contributed by atoms with Gasteiger partial charge in [-0.3, -0.25) is 4.79 Å². The molecule has 0 bridgehead atoms. The lowest BCUT2D eigenvalue weighted by Crippen LogP contribution is -2.14. The van der Waals surface area contributed by atoms with Gasteiger partial charge in [-0.1, -0.05) is 66.7 Å². The van der Waals surface area contributed by atoms with Crippen LogP contribution in [0.15, 0.2) is 78.9 Å². The summed E-state index contributed by atoms with van der Waals surface area (Å²) in [6.45, 7) is 0. The first-order valence-corrected chi connectivity index (χ1v) is 8.76. The minimum Gasteiger partial charge on any atom is -0.496 e. The number of benzene rings is 3. The van der Waals surface area contributed by atoms with Crippen LogP contribution in [-0.2, 0) is 0 Å². The summed E-state index contributed by atoms with van der Waals surface area (Å²) in [6, 6.07) is 25.3. The van der Waals surface area contributed by atoms with Gasteiger partial charge in [0, 0.05) is 5.56 Å². The van der Waals surface area contributed by atoms with Gasteiger partial charge in [-0.05, 0) is 45.9 Å². The van der Waals surface area contributed by atoms with E-state index in [1.54, 1.807) is 7.11 Å². The zero-order valence-electron chi connectivity index (χ0n) is 13.3. The molecule has 0 fully saturated rings. The number of carbonyl (C=O) groups is 1. The fraction of sp³-hybridized carbons (Fsp3) is 0.0952. The van der Waals surface area contributed by atoms with Crippen molar-refractivity contribution in [2.75, 3.05) is 7.11 Å². The van der Waals surface area contributed by atoms with Crippen LogP contribution in [0, 0.1) is 3.57 Å². The van der Waals surface area contributed by atoms with Crippen LogP contribution >= 0.6 is 22.6 Å². The molecule has 3 heteroatoms. The first-order valence-electron chi connectivity index (χ1n) is 7.68. The van der Waals surface area contributed by atoms with Crippen LogP contribution < -0.4 is 4.74 Å². The Hall–Kier alpha value is -2.14. The molecule has 0 aromatic heterocycles. The molecular formula is C21H17IO2. The molecule has 0 aliphatic rings. The van der Waals surface area contributed by atoms with Crippen molar-refractivity contribution in [1.82, 2.24) is 0 Å². The molecular weight excluding hydrogens is 411 g/mol. The fourth-order valence-corrected chi connectivity index (χ4v) is 3.53. The maximum Gasteiger partial charge on any atom is 0.174 e. The van der Waals surface area contributed by atoms with Crippen LogP contribution in [0.25, 0.3) is 0 Å². The van der Waals surface area contributed by atoms with Crippen LogP contribution in [0.1, 0.15) is 27.4 Å². The van der Waals surface area contributed by atoms with Crippen LogP contribution in [-0.4, -0.2) is 12.9 Å². The molecule has 2 nitrogen and oxygen atoms in total. The van der Waals surface area contributed by atoms with Crippen molar-refractivity contribution in [1.29, 1.82) is 0 Å². The molecule has 24 heavy (non-hydrogen) atoms. The number of ketones is 1. The lowest BCUT2D eigenvalue weighted by Gasteiger charge is -2.18. The van der Waals surface area contributed by atoms with E-state index in [1.165, 1.54) is 0 Å². The summed E-state index contributed by atoms with van der Waals surface area (Å²) in [5.74, 6) is 0.592. The Balaban J connectivity index is 2.09. The first kappa shape index (κ1) is 16.7. The van der Waals surface area contributed by atoms with Gasteiger partial charge in [-0.2, -0.15) is 0 Å². The fourth-order valence-electron chi connectivity index (χ4n) is 2.77. The first-order chi connectivity index (χ1) is 11.7. The van der Waals surface area contributed by atoms with Gasteiger partial charge in [0.1, 0.15) is 5.75 Å². The highest BCUT2D eigenvalue weighted by molar-refractivity contribution is 14.1. The maximum atomic E-state index is 13.2. The standard InChI is InChI=1S/C21H17IO2/c1-24-19-13-12-17(14-18(19)22)20(15-8-4-2-5-9-15)21(23)16-10-6-3-7-11-16/h2-14,20H,1H3. The molecule has 0 aliphatic heterocycles. The number of methoxy groups -OCH3 is 1. The van der Waals surface area contributed by atoms with Gasteiger partial charge >= 0.3 is 0 Å².